The molecule has 0 radical (unpaired) electrons. The number of hydrogen-bond acceptors (Lipinski definition) is 12. The minimum Gasteiger partial charge on any atom is -0.381 e. The van der Waals surface area contributed by atoms with E-state index in [1.807, 2.05) is 13.8 Å². The molecule has 0 rings (SSSR count). The molecule has 1 atom stereocenters. The van der Waals surface area contributed by atoms with Crippen LogP contribution < -0.4 is 16.0 Å². The van der Waals surface area contributed by atoms with E-state index in [9.17, 15) is 14.4 Å². The van der Waals surface area contributed by atoms with Crippen LogP contribution in [0.2, 0.25) is 0 Å². The third-order valence-electron chi connectivity index (χ3n) is 6.40. The van der Waals surface area contributed by atoms with Gasteiger partial charge in [-0.15, -0.1) is 0 Å². The van der Waals surface area contributed by atoms with E-state index in [2.05, 4.69) is 29.8 Å². The Balaban J connectivity index is 4.17. The lowest BCUT2D eigenvalue weighted by molar-refractivity contribution is -0.125. The van der Waals surface area contributed by atoms with E-state index in [4.69, 9.17) is 37.9 Å². The maximum absolute atomic E-state index is 12.6. The van der Waals surface area contributed by atoms with Crippen molar-refractivity contribution in [1.29, 1.82) is 0 Å². The van der Waals surface area contributed by atoms with Gasteiger partial charge in [-0.25, -0.2) is 0 Å². The first-order valence-electron chi connectivity index (χ1n) is 17.8. The molecule has 0 heterocycles. The number of carbonyl (C=O) groups excluding carboxylic acids is 3. The molecule has 284 valence electrons. The highest BCUT2D eigenvalue weighted by Crippen LogP contribution is 1.99. The molecule has 14 heteroatoms. The molecule has 0 aromatic rings. The zero-order chi connectivity index (χ0) is 35.3. The molecule has 0 saturated carbocycles. The van der Waals surface area contributed by atoms with E-state index < -0.39 is 6.04 Å². The fourth-order valence-electron chi connectivity index (χ4n) is 3.92. The molecule has 1 unspecified atom stereocenters. The minimum atomic E-state index is -0.439. The number of ketones is 1. The van der Waals surface area contributed by atoms with Crippen LogP contribution in [0.5, 0.6) is 0 Å². The summed E-state index contributed by atoms with van der Waals surface area (Å²) >= 11 is 0. The van der Waals surface area contributed by atoms with Gasteiger partial charge in [-0.05, 0) is 19.3 Å². The van der Waals surface area contributed by atoms with Crippen LogP contribution in [0.15, 0.2) is 0 Å². The van der Waals surface area contributed by atoms with Crippen molar-refractivity contribution >= 4 is 17.6 Å². The van der Waals surface area contributed by atoms with Crippen molar-refractivity contribution in [2.45, 2.75) is 84.7 Å². The molecule has 0 spiro atoms. The summed E-state index contributed by atoms with van der Waals surface area (Å²) in [6.45, 7) is 16.4. The van der Waals surface area contributed by atoms with Crippen molar-refractivity contribution in [2.75, 3.05) is 119 Å². The van der Waals surface area contributed by atoms with Gasteiger partial charge in [-0.1, -0.05) is 27.7 Å². The predicted molar refractivity (Wildman–Crippen MR) is 183 cm³/mol. The lowest BCUT2D eigenvalue weighted by Crippen LogP contribution is -2.42. The zero-order valence-electron chi connectivity index (χ0n) is 30.3. The van der Waals surface area contributed by atoms with Crippen LogP contribution in [0.1, 0.15) is 72.6 Å². The molecule has 48 heavy (non-hydrogen) atoms. The van der Waals surface area contributed by atoms with Crippen molar-refractivity contribution in [3.8, 4) is 0 Å². The molecule has 0 aromatic heterocycles. The van der Waals surface area contributed by atoms with E-state index in [-0.39, 0.29) is 63.5 Å². The summed E-state index contributed by atoms with van der Waals surface area (Å²) in [5.74, 6) is -0.228. The Morgan fingerprint density at radius 1 is 0.500 bits per heavy atom. The molecule has 0 bridgehead atoms. The van der Waals surface area contributed by atoms with Crippen LogP contribution in [0.4, 0.5) is 0 Å². The molecule has 3 N–H and O–H groups in total. The van der Waals surface area contributed by atoms with Gasteiger partial charge in [0.1, 0.15) is 5.78 Å². The number of rotatable bonds is 38. The van der Waals surface area contributed by atoms with Crippen molar-refractivity contribution in [1.82, 2.24) is 16.0 Å². The average Bonchev–Trinajstić information content (AvgIpc) is 3.06. The first kappa shape index (κ1) is 46.2. The van der Waals surface area contributed by atoms with Crippen molar-refractivity contribution in [2.24, 2.45) is 0 Å². The first-order valence-corrected chi connectivity index (χ1v) is 17.8. The lowest BCUT2D eigenvalue weighted by atomic mass is 10.2. The van der Waals surface area contributed by atoms with Gasteiger partial charge < -0.3 is 53.8 Å². The summed E-state index contributed by atoms with van der Waals surface area (Å²) in [5, 5.41) is 8.98. The number of nitrogens with one attached hydrogen (secondary N) is 3. The Labute approximate surface area is 289 Å². The first-order chi connectivity index (χ1) is 23.4. The fourth-order valence-corrected chi connectivity index (χ4v) is 3.92. The zero-order valence-corrected chi connectivity index (χ0v) is 30.3. The third kappa shape index (κ3) is 35.6. The molecule has 14 nitrogen and oxygen atoms in total. The summed E-state index contributed by atoms with van der Waals surface area (Å²) in [7, 11) is 0. The maximum atomic E-state index is 12.6. The van der Waals surface area contributed by atoms with Crippen LogP contribution >= 0.6 is 0 Å². The largest absolute Gasteiger partial charge is 0.381 e. The smallest absolute Gasteiger partial charge is 0.222 e. The molecule has 0 aliphatic heterocycles. The Morgan fingerprint density at radius 2 is 0.979 bits per heavy atom. The third-order valence-corrected chi connectivity index (χ3v) is 6.40. The minimum absolute atomic E-state index is 0.113. The number of ether oxygens (including phenoxy) is 8. The quantitative estimate of drug-likeness (QED) is 0.0809. The fraction of sp³-hybridized carbons (Fsp3) is 0.912. The molecular formula is C34H67N3O11. The number of carbonyl (C=O) groups is 3. The summed E-state index contributed by atoms with van der Waals surface area (Å²) in [4.78, 5) is 36.7. The van der Waals surface area contributed by atoms with E-state index in [1.165, 1.54) is 0 Å². The van der Waals surface area contributed by atoms with E-state index in [0.29, 0.717) is 105 Å². The number of amides is 2. The highest BCUT2D eigenvalue weighted by Gasteiger charge is 2.14. The monoisotopic (exact) mass is 693 g/mol. The van der Waals surface area contributed by atoms with E-state index in [0.717, 1.165) is 19.4 Å². The summed E-state index contributed by atoms with van der Waals surface area (Å²) in [6, 6.07) is 0.0114. The number of Topliss-reactive ketones (excluding diaryl/α,β-unsaturated/α-hetero) is 1. The van der Waals surface area contributed by atoms with Gasteiger partial charge in [0.05, 0.1) is 91.9 Å². The average molecular weight is 694 g/mol. The second-order valence-electron chi connectivity index (χ2n) is 11.4. The van der Waals surface area contributed by atoms with Crippen molar-refractivity contribution in [3.63, 3.8) is 0 Å². The van der Waals surface area contributed by atoms with Gasteiger partial charge in [0, 0.05) is 64.6 Å². The molecule has 2 amide bonds. The van der Waals surface area contributed by atoms with Crippen LogP contribution in [-0.4, -0.2) is 148 Å². The summed E-state index contributed by atoms with van der Waals surface area (Å²) in [5.41, 5.74) is 0. The molecule has 0 aliphatic rings. The SMILES string of the molecule is CCCOCCCC(=O)CCOCC(COCCC(=O)NCCOCCC)NC(=O)CCOCCOCCOCCOCCNC(C)C. The summed E-state index contributed by atoms with van der Waals surface area (Å²) < 4.78 is 44.1. The van der Waals surface area contributed by atoms with Gasteiger partial charge in [-0.3, -0.25) is 14.4 Å². The maximum Gasteiger partial charge on any atom is 0.222 e. The van der Waals surface area contributed by atoms with Gasteiger partial charge in [0.25, 0.3) is 0 Å². The predicted octanol–water partition coefficient (Wildman–Crippen LogP) is 2.06. The standard InChI is InChI=1S/C34H67N3O11/c1-5-14-41-16-7-8-32(38)9-17-47-28-31(29-48-19-10-33(39)36-13-21-42-15-6-2)37-34(40)11-18-43-22-24-45-26-27-46-25-23-44-20-12-35-30(3)4/h30-31,35H,5-29H2,1-4H3,(H,36,39)(H,37,40). The Bertz CT molecular complexity index is 713. The van der Waals surface area contributed by atoms with Crippen LogP contribution in [0, 0.1) is 0 Å². The van der Waals surface area contributed by atoms with Crippen molar-refractivity contribution in [3.05, 3.63) is 0 Å². The Hall–Kier alpha value is -1.75. The van der Waals surface area contributed by atoms with Gasteiger partial charge in [-0.2, -0.15) is 0 Å². The summed E-state index contributed by atoms with van der Waals surface area (Å²) in [6.07, 6.45) is 3.69. The second-order valence-corrected chi connectivity index (χ2v) is 11.4. The highest BCUT2D eigenvalue weighted by atomic mass is 16.6. The lowest BCUT2D eigenvalue weighted by Gasteiger charge is -2.19. The molecular weight excluding hydrogens is 626 g/mol. The molecule has 0 fully saturated rings. The van der Waals surface area contributed by atoms with Crippen molar-refractivity contribution < 1.29 is 52.3 Å². The Morgan fingerprint density at radius 3 is 1.58 bits per heavy atom. The molecule has 0 aromatic carbocycles. The van der Waals surface area contributed by atoms with Crippen LogP contribution in [-0.2, 0) is 52.3 Å². The molecule has 0 saturated heterocycles. The number of hydrogen-bond donors (Lipinski definition) is 3. The van der Waals surface area contributed by atoms with E-state index in [1.54, 1.807) is 0 Å². The normalized spacial score (nSPS) is 12.0. The van der Waals surface area contributed by atoms with Gasteiger partial charge in [0.15, 0.2) is 0 Å². The second kappa shape index (κ2) is 36.5. The Kier molecular flexibility index (Phi) is 35.2. The van der Waals surface area contributed by atoms with E-state index >= 15 is 0 Å². The van der Waals surface area contributed by atoms with Gasteiger partial charge >= 0.3 is 0 Å². The molecule has 0 aliphatic carbocycles. The van der Waals surface area contributed by atoms with Gasteiger partial charge in [0.2, 0.25) is 11.8 Å². The highest BCUT2D eigenvalue weighted by molar-refractivity contribution is 5.78. The van der Waals surface area contributed by atoms with Crippen LogP contribution in [0.25, 0.3) is 0 Å². The van der Waals surface area contributed by atoms with Crippen LogP contribution in [0.3, 0.4) is 0 Å². The topological polar surface area (TPSA) is 161 Å².